The highest BCUT2D eigenvalue weighted by Crippen LogP contribution is 2.33. The number of esters is 1. The lowest BCUT2D eigenvalue weighted by atomic mass is 10.1. The number of fused-ring (bicyclic) bond motifs is 2. The topological polar surface area (TPSA) is 104 Å². The van der Waals surface area contributed by atoms with Gasteiger partial charge in [0.15, 0.2) is 18.1 Å². The van der Waals surface area contributed by atoms with Crippen LogP contribution in [0.1, 0.15) is 54.4 Å². The number of aromatic nitrogens is 1. The van der Waals surface area contributed by atoms with Gasteiger partial charge < -0.3 is 18.8 Å². The Labute approximate surface area is 207 Å². The van der Waals surface area contributed by atoms with Crippen molar-refractivity contribution in [2.24, 2.45) is 0 Å². The normalized spacial score (nSPS) is 13.8. The van der Waals surface area contributed by atoms with E-state index in [0.717, 1.165) is 21.9 Å². The predicted octanol–water partition coefficient (Wildman–Crippen LogP) is 3.29. The van der Waals surface area contributed by atoms with Crippen molar-refractivity contribution < 1.29 is 33.4 Å². The molecule has 9 nitrogen and oxygen atoms in total. The van der Waals surface area contributed by atoms with Crippen molar-refractivity contribution in [1.29, 1.82) is 0 Å². The van der Waals surface area contributed by atoms with Crippen LogP contribution in [0.5, 0.6) is 11.5 Å². The van der Waals surface area contributed by atoms with Crippen molar-refractivity contribution in [1.82, 2.24) is 9.47 Å². The molecule has 36 heavy (non-hydrogen) atoms. The Hall–Kier alpha value is -4.40. The number of benzene rings is 2. The molecule has 0 bridgehead atoms. The number of aryl methyl sites for hydroxylation is 1. The highest BCUT2D eigenvalue weighted by Gasteiger charge is 2.35. The Morgan fingerprint density at radius 2 is 1.64 bits per heavy atom. The van der Waals surface area contributed by atoms with Crippen LogP contribution in [0.25, 0.3) is 0 Å². The van der Waals surface area contributed by atoms with Gasteiger partial charge in [0.1, 0.15) is 0 Å². The van der Waals surface area contributed by atoms with E-state index in [1.807, 2.05) is 36.6 Å². The van der Waals surface area contributed by atoms with Gasteiger partial charge in [-0.2, -0.15) is 0 Å². The first-order valence-electron chi connectivity index (χ1n) is 11.5. The van der Waals surface area contributed by atoms with Crippen LogP contribution in [0.2, 0.25) is 0 Å². The fourth-order valence-corrected chi connectivity index (χ4v) is 4.49. The molecule has 3 heterocycles. The third kappa shape index (κ3) is 4.24. The van der Waals surface area contributed by atoms with Crippen molar-refractivity contribution >= 4 is 23.6 Å². The van der Waals surface area contributed by atoms with Crippen molar-refractivity contribution in [3.8, 4) is 11.5 Å². The molecule has 5 rings (SSSR count). The van der Waals surface area contributed by atoms with Gasteiger partial charge in [0.2, 0.25) is 12.6 Å². The van der Waals surface area contributed by atoms with E-state index in [2.05, 4.69) is 0 Å². The van der Waals surface area contributed by atoms with Gasteiger partial charge in [0, 0.05) is 30.0 Å². The minimum Gasteiger partial charge on any atom is -0.457 e. The lowest BCUT2D eigenvalue weighted by Gasteiger charge is -2.13. The predicted molar refractivity (Wildman–Crippen MR) is 127 cm³/mol. The van der Waals surface area contributed by atoms with Crippen molar-refractivity contribution in [2.75, 3.05) is 19.9 Å². The molecule has 2 aliphatic heterocycles. The van der Waals surface area contributed by atoms with E-state index in [9.17, 15) is 19.2 Å². The number of amides is 2. The Balaban J connectivity index is 1.17. The number of carbonyl (C=O) groups excluding carboxylic acids is 4. The van der Waals surface area contributed by atoms with Crippen LogP contribution < -0.4 is 9.47 Å². The van der Waals surface area contributed by atoms with Gasteiger partial charge in [0.05, 0.1) is 17.5 Å². The van der Waals surface area contributed by atoms with Gasteiger partial charge >= 0.3 is 5.97 Å². The molecule has 0 radical (unpaired) electrons. The highest BCUT2D eigenvalue weighted by molar-refractivity contribution is 6.21. The molecule has 0 aliphatic carbocycles. The number of hydrogen-bond donors (Lipinski definition) is 0. The molecule has 2 aliphatic rings. The maximum absolute atomic E-state index is 12.8. The quantitative estimate of drug-likeness (QED) is 0.272. The van der Waals surface area contributed by atoms with E-state index in [-0.39, 0.29) is 25.5 Å². The summed E-state index contributed by atoms with van der Waals surface area (Å²) >= 11 is 0. The molecule has 9 heteroatoms. The molecule has 184 valence electrons. The number of rotatable bonds is 8. The summed E-state index contributed by atoms with van der Waals surface area (Å²) in [5.74, 6) is -0.452. The molecule has 0 fully saturated rings. The molecule has 0 atom stereocenters. The zero-order valence-corrected chi connectivity index (χ0v) is 19.9. The molecule has 3 aromatic rings. The summed E-state index contributed by atoms with van der Waals surface area (Å²) in [6.45, 7) is 3.97. The molecule has 2 aromatic carbocycles. The second kappa shape index (κ2) is 9.33. The summed E-state index contributed by atoms with van der Waals surface area (Å²) < 4.78 is 18.0. The summed E-state index contributed by atoms with van der Waals surface area (Å²) in [5.41, 5.74) is 3.77. The zero-order chi connectivity index (χ0) is 25.4. The Kier molecular flexibility index (Phi) is 6.05. The highest BCUT2D eigenvalue weighted by atomic mass is 16.7. The number of imide groups is 1. The van der Waals surface area contributed by atoms with Crippen LogP contribution in [0, 0.1) is 13.8 Å². The number of carbonyl (C=O) groups is 4. The molecule has 1 aromatic heterocycles. The standard InChI is InChI=1S/C27H24N2O7/c1-16-11-21(17(2)29(16)13-18-7-8-23-24(12-18)36-15-35-23)22(30)14-34-25(31)9-10-28-26(32)19-5-3-4-6-20(19)27(28)33/h3-8,11-12H,9-10,13-15H2,1-2H3. The summed E-state index contributed by atoms with van der Waals surface area (Å²) in [7, 11) is 0. The van der Waals surface area contributed by atoms with Crippen LogP contribution in [0.15, 0.2) is 48.5 Å². The molecule has 2 amide bonds. The van der Waals surface area contributed by atoms with E-state index < -0.39 is 24.4 Å². The fourth-order valence-electron chi connectivity index (χ4n) is 4.49. The minimum absolute atomic E-state index is 0.108. The van der Waals surface area contributed by atoms with Gasteiger partial charge in [-0.05, 0) is 49.7 Å². The van der Waals surface area contributed by atoms with Gasteiger partial charge in [0.25, 0.3) is 11.8 Å². The van der Waals surface area contributed by atoms with Gasteiger partial charge in [-0.3, -0.25) is 24.1 Å². The van der Waals surface area contributed by atoms with Crippen LogP contribution in [-0.4, -0.2) is 53.0 Å². The summed E-state index contributed by atoms with van der Waals surface area (Å²) in [5, 5.41) is 0. The summed E-state index contributed by atoms with van der Waals surface area (Å²) in [6.07, 6.45) is -0.193. The third-order valence-corrected chi connectivity index (χ3v) is 6.43. The minimum atomic E-state index is -0.658. The third-order valence-electron chi connectivity index (χ3n) is 6.43. The molecule has 0 saturated carbocycles. The summed E-state index contributed by atoms with van der Waals surface area (Å²) in [4.78, 5) is 50.9. The second-order valence-electron chi connectivity index (χ2n) is 8.70. The smallest absolute Gasteiger partial charge is 0.308 e. The number of ketones is 1. The van der Waals surface area contributed by atoms with Crippen LogP contribution in [-0.2, 0) is 16.1 Å². The molecular weight excluding hydrogens is 464 g/mol. The first kappa shape index (κ1) is 23.3. The maximum Gasteiger partial charge on any atom is 0.308 e. The lowest BCUT2D eigenvalue weighted by Crippen LogP contribution is -2.32. The van der Waals surface area contributed by atoms with Gasteiger partial charge in [-0.1, -0.05) is 18.2 Å². The van der Waals surface area contributed by atoms with E-state index >= 15 is 0 Å². The maximum atomic E-state index is 12.8. The Bertz CT molecular complexity index is 1370. The molecule has 0 saturated heterocycles. The zero-order valence-electron chi connectivity index (χ0n) is 19.9. The van der Waals surface area contributed by atoms with Crippen molar-refractivity contribution in [3.05, 3.63) is 82.2 Å². The molecule has 0 spiro atoms. The number of nitrogens with zero attached hydrogens (tertiary/aromatic N) is 2. The van der Waals surface area contributed by atoms with Crippen LogP contribution in [0.4, 0.5) is 0 Å². The Morgan fingerprint density at radius 1 is 0.944 bits per heavy atom. The molecule has 0 N–H and O–H groups in total. The number of hydrogen-bond acceptors (Lipinski definition) is 7. The van der Waals surface area contributed by atoms with Crippen molar-refractivity contribution in [2.45, 2.75) is 26.8 Å². The average Bonchev–Trinajstić information content (AvgIpc) is 3.53. The monoisotopic (exact) mass is 488 g/mol. The van der Waals surface area contributed by atoms with E-state index in [1.165, 1.54) is 0 Å². The van der Waals surface area contributed by atoms with E-state index in [4.69, 9.17) is 14.2 Å². The van der Waals surface area contributed by atoms with Gasteiger partial charge in [-0.25, -0.2) is 0 Å². The number of ether oxygens (including phenoxy) is 3. The molecular formula is C27H24N2O7. The molecule has 0 unspecified atom stereocenters. The second-order valence-corrected chi connectivity index (χ2v) is 8.70. The first-order valence-corrected chi connectivity index (χ1v) is 11.5. The van der Waals surface area contributed by atoms with E-state index in [1.54, 1.807) is 30.3 Å². The lowest BCUT2D eigenvalue weighted by molar-refractivity contribution is -0.142. The average molecular weight is 488 g/mol. The van der Waals surface area contributed by atoms with Crippen LogP contribution >= 0.6 is 0 Å². The summed E-state index contributed by atoms with van der Waals surface area (Å²) in [6, 6.07) is 14.0. The number of Topliss-reactive ketones (excluding diaryl/α,β-unsaturated/α-hetero) is 1. The Morgan fingerprint density at radius 3 is 2.36 bits per heavy atom. The van der Waals surface area contributed by atoms with Gasteiger partial charge in [-0.15, -0.1) is 0 Å². The largest absolute Gasteiger partial charge is 0.457 e. The van der Waals surface area contributed by atoms with E-state index in [0.29, 0.717) is 34.7 Å². The fraction of sp³-hybridized carbons (Fsp3) is 0.259. The van der Waals surface area contributed by atoms with Crippen molar-refractivity contribution in [3.63, 3.8) is 0 Å². The first-order chi connectivity index (χ1) is 17.3. The SMILES string of the molecule is Cc1cc(C(=O)COC(=O)CCN2C(=O)c3ccccc3C2=O)c(C)n1Cc1ccc2c(c1)OCO2. The van der Waals surface area contributed by atoms with Crippen LogP contribution in [0.3, 0.4) is 0 Å².